The van der Waals surface area contributed by atoms with Crippen molar-refractivity contribution in [3.63, 3.8) is 0 Å². The maximum Gasteiger partial charge on any atom is 0.226 e. The number of phenolic OH excluding ortho intramolecular Hbond substituents is 1. The number of carbonyl (C=O) groups excluding carboxylic acids is 1. The molecule has 1 amide bonds. The minimum Gasteiger partial charge on any atom is -0.508 e. The zero-order valence-electron chi connectivity index (χ0n) is 34.3. The van der Waals surface area contributed by atoms with E-state index >= 15 is 0 Å². The molecule has 1 aliphatic carbocycles. The second-order valence-corrected chi connectivity index (χ2v) is 17.5. The fraction of sp³-hybridized carbons (Fsp3) is 0.533. The van der Waals surface area contributed by atoms with E-state index in [4.69, 9.17) is 18.9 Å². The van der Waals surface area contributed by atoms with Crippen LogP contribution in [0, 0.1) is 18.3 Å². The van der Waals surface area contributed by atoms with Crippen LogP contribution >= 0.6 is 0 Å². The number of aliphatic imine (C=N–C) groups is 1. The van der Waals surface area contributed by atoms with E-state index in [1.54, 1.807) is 19.2 Å². The Morgan fingerprint density at radius 3 is 2.58 bits per heavy atom. The zero-order valence-corrected chi connectivity index (χ0v) is 34.3. The maximum atomic E-state index is 13.7. The van der Waals surface area contributed by atoms with Gasteiger partial charge in [-0.2, -0.15) is 0 Å². The molecule has 5 heterocycles. The molecule has 3 aromatic rings. The number of fused-ring (bicyclic) bond motifs is 3. The van der Waals surface area contributed by atoms with Crippen LogP contribution in [0.1, 0.15) is 75.7 Å². The number of nitrogens with one attached hydrogen (secondary N) is 2. The number of allylic oxidation sites excluding steroid dienone is 2. The molecule has 1 saturated heterocycles. The smallest absolute Gasteiger partial charge is 0.226 e. The molecule has 15 heteroatoms. The summed E-state index contributed by atoms with van der Waals surface area (Å²) in [4.78, 5) is 44.7. The predicted octanol–water partition coefficient (Wildman–Crippen LogP) is 2.12. The first-order valence-electron chi connectivity index (χ1n) is 21.0. The largest absolute Gasteiger partial charge is 0.508 e. The molecule has 60 heavy (non-hydrogen) atoms. The van der Waals surface area contributed by atoms with Gasteiger partial charge in [0.15, 0.2) is 11.2 Å². The summed E-state index contributed by atoms with van der Waals surface area (Å²) < 4.78 is 13.6. The number of hydrogen-bond donors (Lipinski definition) is 8. The molecule has 4 aliphatic heterocycles. The van der Waals surface area contributed by atoms with Gasteiger partial charge in [-0.3, -0.25) is 19.5 Å². The number of amides is 1. The standard InChI is InChI=1S/C45H55N3O12/c1-4-33-30-12-16-46-32(30)22-48(33)37-39-27(18-31-34(51)17-25(2)58-40(31)37)19-36(43(3,59-39)15-11-28-21-47-42(55)44(28)13-5-6-14-44)60-57-24-45(56,41(54)38(53)35(52)23-49)20-26-7-9-29(50)10-8-26/h7-10,12,16-18,28,35-36,38,41,49-50,52-54,56H,4-6,11,13-15,19-24H2,1-3H3,(H,47,55)/p+1/t28-,35-,36-,38-,41+,43-,45+/m1/s1. The molecule has 1 unspecified atom stereocenters. The van der Waals surface area contributed by atoms with E-state index < -0.39 is 54.2 Å². The van der Waals surface area contributed by atoms with Crippen molar-refractivity contribution in [1.29, 1.82) is 0 Å². The van der Waals surface area contributed by atoms with Crippen molar-refractivity contribution in [3.8, 4) is 11.5 Å². The summed E-state index contributed by atoms with van der Waals surface area (Å²) in [6, 6.07) is 9.11. The van der Waals surface area contributed by atoms with Crippen LogP contribution in [0.5, 0.6) is 11.5 Å². The van der Waals surface area contributed by atoms with Crippen LogP contribution in [0.4, 0.5) is 5.69 Å². The zero-order chi connectivity index (χ0) is 42.6. The lowest BCUT2D eigenvalue weighted by Crippen LogP contribution is -3.04. The molecular formula is C45H56N3O12+. The van der Waals surface area contributed by atoms with Gasteiger partial charge in [-0.05, 0) is 75.3 Å². The van der Waals surface area contributed by atoms with Gasteiger partial charge in [0.1, 0.15) is 71.7 Å². The van der Waals surface area contributed by atoms with Crippen LogP contribution in [-0.2, 0) is 27.4 Å². The third-order valence-corrected chi connectivity index (χ3v) is 13.7. The van der Waals surface area contributed by atoms with Crippen LogP contribution in [0.2, 0.25) is 0 Å². The molecule has 8 atom stereocenters. The Bertz CT molecular complexity index is 2280. The highest BCUT2D eigenvalue weighted by Crippen LogP contribution is 2.51. The number of ether oxygens (including phenoxy) is 1. The first-order valence-corrected chi connectivity index (χ1v) is 21.0. The highest BCUT2D eigenvalue weighted by molar-refractivity contribution is 6.07. The molecule has 0 radical (unpaired) electrons. The number of phenols is 1. The van der Waals surface area contributed by atoms with Gasteiger partial charge in [-0.25, -0.2) is 9.78 Å². The molecule has 8 rings (SSSR count). The van der Waals surface area contributed by atoms with Crippen LogP contribution < -0.4 is 20.4 Å². The van der Waals surface area contributed by atoms with Crippen molar-refractivity contribution in [1.82, 2.24) is 5.32 Å². The van der Waals surface area contributed by atoms with Crippen LogP contribution in [0.15, 0.2) is 74.1 Å². The molecule has 2 fully saturated rings. The summed E-state index contributed by atoms with van der Waals surface area (Å²) in [5.74, 6) is 1.16. The van der Waals surface area contributed by atoms with Crippen LogP contribution in [0.3, 0.4) is 0 Å². The Morgan fingerprint density at radius 1 is 1.12 bits per heavy atom. The van der Waals surface area contributed by atoms with Gasteiger partial charge >= 0.3 is 0 Å². The lowest BCUT2D eigenvalue weighted by molar-refractivity contribution is -0.776. The normalized spacial score (nSPS) is 26.8. The minimum absolute atomic E-state index is 0.0159. The summed E-state index contributed by atoms with van der Waals surface area (Å²) in [6.07, 6.45) is 2.51. The van der Waals surface area contributed by atoms with E-state index in [9.17, 15) is 40.2 Å². The second kappa shape index (κ2) is 16.4. The molecule has 2 aromatic carbocycles. The van der Waals surface area contributed by atoms with Gasteiger partial charge in [0.2, 0.25) is 17.2 Å². The van der Waals surface area contributed by atoms with Crippen molar-refractivity contribution in [2.45, 2.75) is 114 Å². The van der Waals surface area contributed by atoms with Crippen molar-refractivity contribution in [2.24, 2.45) is 16.3 Å². The van der Waals surface area contributed by atoms with E-state index in [-0.39, 0.29) is 35.8 Å². The van der Waals surface area contributed by atoms with Crippen molar-refractivity contribution < 1.29 is 59.3 Å². The Balaban J connectivity index is 1.17. The average molecular weight is 831 g/mol. The number of aryl methyl sites for hydroxylation is 1. The van der Waals surface area contributed by atoms with Crippen molar-refractivity contribution in [2.75, 3.05) is 26.3 Å². The van der Waals surface area contributed by atoms with Gasteiger partial charge in [0.25, 0.3) is 0 Å². The molecule has 322 valence electrons. The lowest BCUT2D eigenvalue weighted by Gasteiger charge is -2.43. The number of carbonyl (C=O) groups is 1. The monoisotopic (exact) mass is 830 g/mol. The fourth-order valence-corrected chi connectivity index (χ4v) is 10.2. The average Bonchev–Trinajstić information content (AvgIpc) is 4.03. The molecule has 15 nitrogen and oxygen atoms in total. The first kappa shape index (κ1) is 42.2. The summed E-state index contributed by atoms with van der Waals surface area (Å²) >= 11 is 0. The molecule has 5 aliphatic rings. The highest BCUT2D eigenvalue weighted by atomic mass is 17.2. The number of quaternary nitrogens is 1. The molecule has 1 spiro atoms. The minimum atomic E-state index is -2.26. The number of rotatable bonds is 15. The van der Waals surface area contributed by atoms with E-state index in [1.807, 2.05) is 13.0 Å². The number of aliphatic hydroxyl groups excluding tert-OH is 4. The Hall–Kier alpha value is -4.45. The molecule has 1 saturated carbocycles. The van der Waals surface area contributed by atoms with Gasteiger partial charge in [0.05, 0.1) is 23.0 Å². The first-order chi connectivity index (χ1) is 28.7. The third kappa shape index (κ3) is 7.49. The van der Waals surface area contributed by atoms with Gasteiger partial charge in [-0.1, -0.05) is 31.9 Å². The molecular weight excluding hydrogens is 775 g/mol. The predicted molar refractivity (Wildman–Crippen MR) is 219 cm³/mol. The Kier molecular flexibility index (Phi) is 11.6. The molecule has 0 bridgehead atoms. The van der Waals surface area contributed by atoms with Gasteiger partial charge in [-0.15, -0.1) is 0 Å². The Labute approximate surface area is 347 Å². The quantitative estimate of drug-likeness (QED) is 0.0815. The SMILES string of the molecule is CCC1=C2C=CN=C2C[NH+]1c1c2c(cc3c(=O)cc(C)oc13)C[C@@H](OOC[C@@](O)(Cc1ccc(O)cc1)[C@@H](O)[C@H](O)[C@H](O)CO)[C@@](C)(CC[C@@H]1CNC(=O)C13CCCC3)O2. The van der Waals surface area contributed by atoms with E-state index in [0.29, 0.717) is 71.6 Å². The summed E-state index contributed by atoms with van der Waals surface area (Å²) in [6.45, 7) is 5.27. The third-order valence-electron chi connectivity index (χ3n) is 13.7. The summed E-state index contributed by atoms with van der Waals surface area (Å²) in [7, 11) is 0. The molecule has 1 aromatic heterocycles. The maximum absolute atomic E-state index is 13.7. The van der Waals surface area contributed by atoms with Gasteiger partial charge in [0, 0.05) is 43.6 Å². The summed E-state index contributed by atoms with van der Waals surface area (Å²) in [5, 5.41) is 67.1. The topological polar surface area (TPSA) is 225 Å². The van der Waals surface area contributed by atoms with Crippen LogP contribution in [0.25, 0.3) is 11.0 Å². The number of benzene rings is 2. The fourth-order valence-electron chi connectivity index (χ4n) is 10.2. The highest BCUT2D eigenvalue weighted by Gasteiger charge is 2.54. The van der Waals surface area contributed by atoms with E-state index in [2.05, 4.69) is 17.2 Å². The number of nitrogens with zero attached hydrogens (tertiary/aromatic N) is 1. The lowest BCUT2D eigenvalue weighted by atomic mass is 9.72. The number of hydrogen-bond acceptors (Lipinski definition) is 13. The molecule has 8 N–H and O–H groups in total. The number of aromatic hydroxyl groups is 1. The van der Waals surface area contributed by atoms with E-state index in [1.165, 1.54) is 30.3 Å². The van der Waals surface area contributed by atoms with Crippen molar-refractivity contribution >= 4 is 28.3 Å². The van der Waals surface area contributed by atoms with Crippen molar-refractivity contribution in [3.05, 3.63) is 87.1 Å². The van der Waals surface area contributed by atoms with Gasteiger partial charge < -0.3 is 45.1 Å². The number of aliphatic hydroxyl groups is 5. The summed E-state index contributed by atoms with van der Waals surface area (Å²) in [5.41, 5.74) is 1.32. The van der Waals surface area contributed by atoms with E-state index in [0.717, 1.165) is 47.6 Å². The van der Waals surface area contributed by atoms with Crippen LogP contribution in [-0.4, -0.2) is 104 Å². The Morgan fingerprint density at radius 2 is 1.87 bits per heavy atom. The second-order valence-electron chi connectivity index (χ2n) is 17.5.